The minimum absolute atomic E-state index is 0.399. The molecule has 1 aliphatic rings. The standard InChI is InChI=1S/C27H35NO2/c1-3-5-6-7-21-8-10-22(11-9-21)23-12-14-24(15-13-23)25-16-18-26(19-17-25)28-27(29)30-20-4-2/h3,12-19,21-22H,1,4-11,20H2,2H3,(H,28,29)/t21-,22-. The van der Waals surface area contributed by atoms with Crippen molar-refractivity contribution in [2.75, 3.05) is 11.9 Å². The fourth-order valence-electron chi connectivity index (χ4n) is 4.38. The van der Waals surface area contributed by atoms with Crippen molar-refractivity contribution < 1.29 is 9.53 Å². The number of amides is 1. The molecule has 30 heavy (non-hydrogen) atoms. The maximum Gasteiger partial charge on any atom is 0.411 e. The average Bonchev–Trinajstić information content (AvgIpc) is 2.79. The molecule has 0 aliphatic heterocycles. The highest BCUT2D eigenvalue weighted by Crippen LogP contribution is 2.38. The maximum atomic E-state index is 11.7. The van der Waals surface area contributed by atoms with Gasteiger partial charge in [0.1, 0.15) is 0 Å². The van der Waals surface area contributed by atoms with E-state index in [4.69, 9.17) is 4.74 Å². The molecule has 0 saturated heterocycles. The fraction of sp³-hybridized carbons (Fsp3) is 0.444. The van der Waals surface area contributed by atoms with Crippen LogP contribution in [-0.2, 0) is 4.74 Å². The Balaban J connectivity index is 1.52. The Labute approximate surface area is 181 Å². The van der Waals surface area contributed by atoms with Gasteiger partial charge in [0.15, 0.2) is 0 Å². The number of carbonyl (C=O) groups excluding carboxylic acids is 1. The molecular formula is C27H35NO2. The quantitative estimate of drug-likeness (QED) is 0.339. The highest BCUT2D eigenvalue weighted by molar-refractivity contribution is 5.85. The van der Waals surface area contributed by atoms with Gasteiger partial charge in [0.25, 0.3) is 0 Å². The second-order valence-corrected chi connectivity index (χ2v) is 8.40. The molecule has 1 N–H and O–H groups in total. The van der Waals surface area contributed by atoms with Crippen molar-refractivity contribution in [3.05, 3.63) is 66.7 Å². The van der Waals surface area contributed by atoms with Crippen molar-refractivity contribution in [3.8, 4) is 11.1 Å². The number of carbonyl (C=O) groups is 1. The summed E-state index contributed by atoms with van der Waals surface area (Å²) in [6.45, 7) is 6.24. The van der Waals surface area contributed by atoms with Crippen molar-refractivity contribution in [1.29, 1.82) is 0 Å². The van der Waals surface area contributed by atoms with Crippen LogP contribution < -0.4 is 5.32 Å². The van der Waals surface area contributed by atoms with Crippen LogP contribution in [0.15, 0.2) is 61.2 Å². The molecule has 1 fully saturated rings. The molecule has 160 valence electrons. The Morgan fingerprint density at radius 2 is 1.67 bits per heavy atom. The summed E-state index contributed by atoms with van der Waals surface area (Å²) in [5, 5.41) is 2.76. The zero-order chi connectivity index (χ0) is 21.2. The number of ether oxygens (including phenoxy) is 1. The molecule has 0 unspecified atom stereocenters. The van der Waals surface area contributed by atoms with E-state index in [1.54, 1.807) is 0 Å². The third-order valence-corrected chi connectivity index (χ3v) is 6.15. The number of unbranched alkanes of at least 4 members (excludes halogenated alkanes) is 1. The van der Waals surface area contributed by atoms with E-state index in [1.165, 1.54) is 49.7 Å². The maximum absolute atomic E-state index is 11.7. The molecule has 3 heteroatoms. The van der Waals surface area contributed by atoms with E-state index in [-0.39, 0.29) is 0 Å². The van der Waals surface area contributed by atoms with Crippen LogP contribution in [0.3, 0.4) is 0 Å². The van der Waals surface area contributed by atoms with Crippen LogP contribution in [0.25, 0.3) is 11.1 Å². The summed E-state index contributed by atoms with van der Waals surface area (Å²) in [4.78, 5) is 11.7. The second kappa shape index (κ2) is 11.6. The van der Waals surface area contributed by atoms with E-state index in [2.05, 4.69) is 36.2 Å². The zero-order valence-corrected chi connectivity index (χ0v) is 18.2. The summed E-state index contributed by atoms with van der Waals surface area (Å²) in [5.74, 6) is 1.61. The highest BCUT2D eigenvalue weighted by atomic mass is 16.5. The number of nitrogens with one attached hydrogen (secondary N) is 1. The summed E-state index contributed by atoms with van der Waals surface area (Å²) >= 11 is 0. The molecule has 0 heterocycles. The fourth-order valence-corrected chi connectivity index (χ4v) is 4.38. The summed E-state index contributed by atoms with van der Waals surface area (Å²) in [5.41, 5.74) is 4.58. The molecule has 3 rings (SSSR count). The van der Waals surface area contributed by atoms with Gasteiger partial charge >= 0.3 is 6.09 Å². The molecule has 1 amide bonds. The number of anilines is 1. The van der Waals surface area contributed by atoms with Gasteiger partial charge in [-0.15, -0.1) is 6.58 Å². The number of allylic oxidation sites excluding steroid dienone is 1. The van der Waals surface area contributed by atoms with E-state index in [0.717, 1.165) is 30.0 Å². The third kappa shape index (κ3) is 6.48. The van der Waals surface area contributed by atoms with Gasteiger partial charge in [-0.3, -0.25) is 5.32 Å². The van der Waals surface area contributed by atoms with Crippen molar-refractivity contribution in [3.63, 3.8) is 0 Å². The van der Waals surface area contributed by atoms with Crippen LogP contribution in [0.4, 0.5) is 10.5 Å². The first kappa shape index (κ1) is 22.1. The number of hydrogen-bond acceptors (Lipinski definition) is 2. The zero-order valence-electron chi connectivity index (χ0n) is 18.2. The molecule has 0 radical (unpaired) electrons. The first-order valence-electron chi connectivity index (χ1n) is 11.4. The van der Waals surface area contributed by atoms with Gasteiger partial charge in [-0.1, -0.05) is 55.8 Å². The lowest BCUT2D eigenvalue weighted by Crippen LogP contribution is -2.13. The molecule has 1 aliphatic carbocycles. The van der Waals surface area contributed by atoms with E-state index in [9.17, 15) is 4.79 Å². The summed E-state index contributed by atoms with van der Waals surface area (Å²) in [6.07, 6.45) is 11.6. The van der Waals surface area contributed by atoms with Crippen LogP contribution in [0.5, 0.6) is 0 Å². The molecule has 0 aromatic heterocycles. The largest absolute Gasteiger partial charge is 0.449 e. The average molecular weight is 406 g/mol. The third-order valence-electron chi connectivity index (χ3n) is 6.15. The van der Waals surface area contributed by atoms with Gasteiger partial charge in [0, 0.05) is 5.69 Å². The van der Waals surface area contributed by atoms with Crippen molar-refractivity contribution in [2.24, 2.45) is 5.92 Å². The van der Waals surface area contributed by atoms with E-state index in [0.29, 0.717) is 12.5 Å². The van der Waals surface area contributed by atoms with Crippen molar-refractivity contribution >= 4 is 11.8 Å². The number of rotatable bonds is 9. The normalized spacial score (nSPS) is 18.6. The highest BCUT2D eigenvalue weighted by Gasteiger charge is 2.21. The van der Waals surface area contributed by atoms with Gasteiger partial charge in [0.2, 0.25) is 0 Å². The Kier molecular flexibility index (Phi) is 8.55. The summed E-state index contributed by atoms with van der Waals surface area (Å²) in [6, 6.07) is 17.0. The van der Waals surface area contributed by atoms with Gasteiger partial charge in [-0.25, -0.2) is 4.79 Å². The minimum Gasteiger partial charge on any atom is -0.449 e. The summed E-state index contributed by atoms with van der Waals surface area (Å²) in [7, 11) is 0. The molecule has 0 bridgehead atoms. The lowest BCUT2D eigenvalue weighted by Gasteiger charge is -2.29. The van der Waals surface area contributed by atoms with Gasteiger partial charge < -0.3 is 4.74 Å². The summed E-state index contributed by atoms with van der Waals surface area (Å²) < 4.78 is 5.06. The van der Waals surface area contributed by atoms with Gasteiger partial charge in [0.05, 0.1) is 6.61 Å². The number of hydrogen-bond donors (Lipinski definition) is 1. The predicted molar refractivity (Wildman–Crippen MR) is 126 cm³/mol. The van der Waals surface area contributed by atoms with Gasteiger partial charge in [-0.2, -0.15) is 0 Å². The lowest BCUT2D eigenvalue weighted by molar-refractivity contribution is 0.161. The molecular weight excluding hydrogens is 370 g/mol. The van der Waals surface area contributed by atoms with Gasteiger partial charge in [-0.05, 0) is 85.6 Å². The second-order valence-electron chi connectivity index (χ2n) is 8.40. The Hall–Kier alpha value is -2.55. The SMILES string of the molecule is C=CCCC[C@H]1CC[C@H](c2ccc(-c3ccc(NC(=O)OCCC)cc3)cc2)CC1. The van der Waals surface area contributed by atoms with Crippen molar-refractivity contribution in [2.45, 2.75) is 64.2 Å². The van der Waals surface area contributed by atoms with Crippen LogP contribution in [0.1, 0.15) is 69.8 Å². The van der Waals surface area contributed by atoms with E-state index < -0.39 is 6.09 Å². The first-order chi connectivity index (χ1) is 14.7. The van der Waals surface area contributed by atoms with Crippen molar-refractivity contribution in [1.82, 2.24) is 0 Å². The monoisotopic (exact) mass is 405 g/mol. The smallest absolute Gasteiger partial charge is 0.411 e. The molecule has 2 aromatic rings. The van der Waals surface area contributed by atoms with Crippen LogP contribution in [0, 0.1) is 5.92 Å². The van der Waals surface area contributed by atoms with Crippen LogP contribution in [0.2, 0.25) is 0 Å². The molecule has 3 nitrogen and oxygen atoms in total. The Morgan fingerprint density at radius 1 is 1.03 bits per heavy atom. The van der Waals surface area contributed by atoms with E-state index >= 15 is 0 Å². The van der Waals surface area contributed by atoms with Crippen LogP contribution in [-0.4, -0.2) is 12.7 Å². The minimum atomic E-state index is -0.399. The topological polar surface area (TPSA) is 38.3 Å². The molecule has 0 atom stereocenters. The molecule has 2 aromatic carbocycles. The lowest BCUT2D eigenvalue weighted by atomic mass is 9.77. The van der Waals surface area contributed by atoms with Crippen LogP contribution >= 0.6 is 0 Å². The Bertz CT molecular complexity index is 787. The first-order valence-corrected chi connectivity index (χ1v) is 11.4. The predicted octanol–water partition coefficient (Wildman–Crippen LogP) is 7.94. The molecule has 0 spiro atoms. The van der Waals surface area contributed by atoms with E-state index in [1.807, 2.05) is 37.3 Å². The number of benzene rings is 2. The molecule has 1 saturated carbocycles. The Morgan fingerprint density at radius 3 is 2.27 bits per heavy atom.